The Morgan fingerprint density at radius 1 is 1.35 bits per heavy atom. The fraction of sp³-hybridized carbons (Fsp3) is 0.462. The Balaban J connectivity index is 2.58. The summed E-state index contributed by atoms with van der Waals surface area (Å²) in [6.45, 7) is 1.73. The summed E-state index contributed by atoms with van der Waals surface area (Å²) in [7, 11) is -1.93. The van der Waals surface area contributed by atoms with Gasteiger partial charge in [0.15, 0.2) is 0 Å². The van der Waals surface area contributed by atoms with E-state index < -0.39 is 16.0 Å². The van der Waals surface area contributed by atoms with Gasteiger partial charge in [-0.2, -0.15) is 0 Å². The lowest BCUT2D eigenvalue weighted by atomic mass is 10.1. The van der Waals surface area contributed by atoms with Crippen LogP contribution in [0.15, 0.2) is 24.3 Å². The third kappa shape index (κ3) is 5.58. The molecule has 0 radical (unpaired) electrons. The van der Waals surface area contributed by atoms with Gasteiger partial charge in [0.05, 0.1) is 12.9 Å². The van der Waals surface area contributed by atoms with E-state index in [0.29, 0.717) is 5.75 Å². The number of rotatable bonds is 8. The number of carboxylic acids is 1. The summed E-state index contributed by atoms with van der Waals surface area (Å²) in [6, 6.07) is 6.69. The minimum atomic E-state index is -3.48. The number of sulfonamides is 1. The van der Waals surface area contributed by atoms with Gasteiger partial charge in [-0.05, 0) is 31.0 Å². The highest BCUT2D eigenvalue weighted by molar-refractivity contribution is 7.89. The summed E-state index contributed by atoms with van der Waals surface area (Å²) >= 11 is 0. The van der Waals surface area contributed by atoms with Crippen LogP contribution in [0.5, 0.6) is 5.75 Å². The Labute approximate surface area is 118 Å². The molecule has 0 saturated carbocycles. The summed E-state index contributed by atoms with van der Waals surface area (Å²) in [5, 5.41) is 8.49. The van der Waals surface area contributed by atoms with Crippen molar-refractivity contribution in [1.29, 1.82) is 0 Å². The second-order valence-corrected chi connectivity index (χ2v) is 6.30. The summed E-state index contributed by atoms with van der Waals surface area (Å²) in [5.41, 5.74) is 0.813. The molecule has 2 N–H and O–H groups in total. The zero-order chi connectivity index (χ0) is 15.2. The number of hydrogen-bond acceptors (Lipinski definition) is 4. The van der Waals surface area contributed by atoms with E-state index in [-0.39, 0.29) is 24.6 Å². The topological polar surface area (TPSA) is 92.7 Å². The number of aliphatic carboxylic acids is 1. The quantitative estimate of drug-likeness (QED) is 0.760. The SMILES string of the molecule is COc1ccc(C(C)NS(=O)(=O)CCCC(=O)O)cc1. The molecule has 0 heterocycles. The van der Waals surface area contributed by atoms with Crippen LogP contribution >= 0.6 is 0 Å². The molecule has 1 rings (SSSR count). The average molecular weight is 301 g/mol. The molecule has 0 amide bonds. The van der Waals surface area contributed by atoms with Gasteiger partial charge in [0.25, 0.3) is 0 Å². The van der Waals surface area contributed by atoms with E-state index in [1.165, 1.54) is 0 Å². The van der Waals surface area contributed by atoms with Crippen LogP contribution in [0.1, 0.15) is 31.4 Å². The monoisotopic (exact) mass is 301 g/mol. The Hall–Kier alpha value is -1.60. The predicted molar refractivity (Wildman–Crippen MR) is 75.2 cm³/mol. The lowest BCUT2D eigenvalue weighted by molar-refractivity contribution is -0.137. The molecule has 112 valence electrons. The van der Waals surface area contributed by atoms with Gasteiger partial charge in [-0.15, -0.1) is 0 Å². The van der Waals surface area contributed by atoms with Crippen LogP contribution in [0.3, 0.4) is 0 Å². The molecule has 0 spiro atoms. The summed E-state index contributed by atoms with van der Waals surface area (Å²) < 4.78 is 31.1. The Morgan fingerprint density at radius 3 is 2.45 bits per heavy atom. The minimum absolute atomic E-state index is 0.0972. The van der Waals surface area contributed by atoms with Crippen LogP contribution in [0.4, 0.5) is 0 Å². The van der Waals surface area contributed by atoms with E-state index in [1.54, 1.807) is 38.3 Å². The number of ether oxygens (including phenoxy) is 1. The largest absolute Gasteiger partial charge is 0.497 e. The molecule has 1 atom stereocenters. The zero-order valence-electron chi connectivity index (χ0n) is 11.5. The lowest BCUT2D eigenvalue weighted by Gasteiger charge is -2.14. The molecule has 1 aromatic rings. The first kappa shape index (κ1) is 16.5. The molecular weight excluding hydrogens is 282 g/mol. The fourth-order valence-corrected chi connectivity index (χ4v) is 3.02. The maximum absolute atomic E-state index is 11.8. The van der Waals surface area contributed by atoms with Gasteiger partial charge in [-0.3, -0.25) is 4.79 Å². The molecule has 6 nitrogen and oxygen atoms in total. The van der Waals surface area contributed by atoms with Gasteiger partial charge in [0, 0.05) is 12.5 Å². The Morgan fingerprint density at radius 2 is 1.95 bits per heavy atom. The first-order chi connectivity index (χ1) is 9.34. The maximum Gasteiger partial charge on any atom is 0.303 e. The molecule has 0 aliphatic heterocycles. The third-order valence-electron chi connectivity index (χ3n) is 2.78. The number of carboxylic acid groups (broad SMARTS) is 1. The van der Waals surface area contributed by atoms with Crippen molar-refractivity contribution in [3.8, 4) is 5.75 Å². The van der Waals surface area contributed by atoms with Crippen molar-refractivity contribution in [2.24, 2.45) is 0 Å². The Bertz CT molecular complexity index is 538. The normalized spacial score (nSPS) is 12.9. The second-order valence-electron chi connectivity index (χ2n) is 4.43. The predicted octanol–water partition coefficient (Wildman–Crippen LogP) is 1.54. The van der Waals surface area contributed by atoms with E-state index in [1.807, 2.05) is 0 Å². The first-order valence-corrected chi connectivity index (χ1v) is 7.85. The standard InChI is InChI=1S/C13H19NO5S/c1-10(11-5-7-12(19-2)8-6-11)14-20(17,18)9-3-4-13(15)16/h5-8,10,14H,3-4,9H2,1-2H3,(H,15,16). The van der Waals surface area contributed by atoms with Crippen molar-refractivity contribution >= 4 is 16.0 Å². The smallest absolute Gasteiger partial charge is 0.303 e. The number of nitrogens with one attached hydrogen (secondary N) is 1. The minimum Gasteiger partial charge on any atom is -0.497 e. The van der Waals surface area contributed by atoms with Crippen LogP contribution in [0.2, 0.25) is 0 Å². The maximum atomic E-state index is 11.8. The first-order valence-electron chi connectivity index (χ1n) is 6.20. The molecule has 1 unspecified atom stereocenters. The van der Waals surface area contributed by atoms with Crippen LogP contribution in [0.25, 0.3) is 0 Å². The molecule has 0 aromatic heterocycles. The van der Waals surface area contributed by atoms with Gasteiger partial charge >= 0.3 is 5.97 Å². The van der Waals surface area contributed by atoms with E-state index in [9.17, 15) is 13.2 Å². The van der Waals surface area contributed by atoms with Crippen LogP contribution in [-0.2, 0) is 14.8 Å². The van der Waals surface area contributed by atoms with Crippen molar-refractivity contribution in [2.75, 3.05) is 12.9 Å². The van der Waals surface area contributed by atoms with Gasteiger partial charge in [-0.25, -0.2) is 13.1 Å². The highest BCUT2D eigenvalue weighted by atomic mass is 32.2. The van der Waals surface area contributed by atoms with Crippen LogP contribution < -0.4 is 9.46 Å². The van der Waals surface area contributed by atoms with E-state index in [0.717, 1.165) is 5.56 Å². The van der Waals surface area contributed by atoms with E-state index in [2.05, 4.69) is 4.72 Å². The molecule has 0 aliphatic rings. The molecule has 0 aliphatic carbocycles. The molecule has 0 saturated heterocycles. The molecule has 1 aromatic carbocycles. The molecule has 0 bridgehead atoms. The highest BCUT2D eigenvalue weighted by Gasteiger charge is 2.16. The third-order valence-corrected chi connectivity index (χ3v) is 4.31. The zero-order valence-corrected chi connectivity index (χ0v) is 12.3. The number of hydrogen-bond donors (Lipinski definition) is 2. The van der Waals surface area contributed by atoms with Crippen molar-refractivity contribution in [1.82, 2.24) is 4.72 Å². The van der Waals surface area contributed by atoms with Gasteiger partial charge in [0.1, 0.15) is 5.75 Å². The Kier molecular flexibility index (Phi) is 5.97. The van der Waals surface area contributed by atoms with Gasteiger partial charge in [-0.1, -0.05) is 12.1 Å². The van der Waals surface area contributed by atoms with Gasteiger partial charge in [0.2, 0.25) is 10.0 Å². The second kappa shape index (κ2) is 7.25. The van der Waals surface area contributed by atoms with Crippen LogP contribution in [-0.4, -0.2) is 32.4 Å². The van der Waals surface area contributed by atoms with E-state index >= 15 is 0 Å². The number of benzene rings is 1. The number of methoxy groups -OCH3 is 1. The van der Waals surface area contributed by atoms with Crippen molar-refractivity contribution in [3.63, 3.8) is 0 Å². The van der Waals surface area contributed by atoms with Crippen molar-refractivity contribution in [3.05, 3.63) is 29.8 Å². The van der Waals surface area contributed by atoms with Gasteiger partial charge < -0.3 is 9.84 Å². The average Bonchev–Trinajstić information content (AvgIpc) is 2.37. The fourth-order valence-electron chi connectivity index (χ4n) is 1.70. The van der Waals surface area contributed by atoms with Crippen molar-refractivity contribution < 1.29 is 23.1 Å². The lowest BCUT2D eigenvalue weighted by Crippen LogP contribution is -2.29. The summed E-state index contributed by atoms with van der Waals surface area (Å²) in [5.74, 6) is -0.492. The van der Waals surface area contributed by atoms with Crippen LogP contribution in [0, 0.1) is 0 Å². The summed E-state index contributed by atoms with van der Waals surface area (Å²) in [6.07, 6.45) is -0.0577. The summed E-state index contributed by atoms with van der Waals surface area (Å²) in [4.78, 5) is 10.4. The van der Waals surface area contributed by atoms with E-state index in [4.69, 9.17) is 9.84 Å². The molecule has 7 heteroatoms. The van der Waals surface area contributed by atoms with Crippen molar-refractivity contribution in [2.45, 2.75) is 25.8 Å². The molecule has 20 heavy (non-hydrogen) atoms. The molecule has 0 fully saturated rings. The molecular formula is C13H19NO5S. The number of carbonyl (C=O) groups is 1. The highest BCUT2D eigenvalue weighted by Crippen LogP contribution is 2.18.